The van der Waals surface area contributed by atoms with Gasteiger partial charge < -0.3 is 5.73 Å². The number of hydrogen-bond acceptors (Lipinski definition) is 3. The zero-order valence-electron chi connectivity index (χ0n) is 10.3. The molecule has 0 radical (unpaired) electrons. The Morgan fingerprint density at radius 3 is 2.63 bits per heavy atom. The smallest absolute Gasteiger partial charge is 0.240 e. The summed E-state index contributed by atoms with van der Waals surface area (Å²) in [6.45, 7) is 0. The van der Waals surface area contributed by atoms with Crippen LogP contribution in [0.25, 0.3) is 0 Å². The molecule has 0 bridgehead atoms. The molecule has 1 fully saturated rings. The topological polar surface area (TPSA) is 72.2 Å². The molecule has 2 atom stereocenters. The molecule has 0 aromatic heterocycles. The van der Waals surface area contributed by atoms with Crippen molar-refractivity contribution in [3.05, 3.63) is 27.7 Å². The Labute approximate surface area is 126 Å². The van der Waals surface area contributed by atoms with E-state index in [0.717, 1.165) is 25.7 Å². The minimum atomic E-state index is -3.55. The Morgan fingerprint density at radius 2 is 2.00 bits per heavy atom. The van der Waals surface area contributed by atoms with E-state index in [0.29, 0.717) is 9.50 Å². The lowest BCUT2D eigenvalue weighted by Crippen LogP contribution is -2.49. The summed E-state index contributed by atoms with van der Waals surface area (Å²) in [5.41, 5.74) is 5.96. The van der Waals surface area contributed by atoms with Gasteiger partial charge in [0.2, 0.25) is 10.0 Å². The van der Waals surface area contributed by atoms with E-state index in [1.54, 1.807) is 6.07 Å². The van der Waals surface area contributed by atoms with Gasteiger partial charge in [-0.1, -0.05) is 24.4 Å². The highest BCUT2D eigenvalue weighted by atomic mass is 79.9. The van der Waals surface area contributed by atoms with E-state index in [1.165, 1.54) is 12.1 Å². The monoisotopic (exact) mass is 366 g/mol. The third kappa shape index (κ3) is 3.70. The molecule has 0 saturated heterocycles. The molecule has 2 unspecified atom stereocenters. The molecular weight excluding hydrogens is 352 g/mol. The highest BCUT2D eigenvalue weighted by Crippen LogP contribution is 2.26. The van der Waals surface area contributed by atoms with E-state index >= 15 is 0 Å². The number of halogens is 2. The van der Waals surface area contributed by atoms with E-state index < -0.39 is 10.0 Å². The lowest BCUT2D eigenvalue weighted by atomic mass is 9.92. The van der Waals surface area contributed by atoms with Crippen molar-refractivity contribution in [2.24, 2.45) is 5.73 Å². The summed E-state index contributed by atoms with van der Waals surface area (Å²) in [6.07, 6.45) is 3.71. The second-order valence-electron chi connectivity index (χ2n) is 4.75. The van der Waals surface area contributed by atoms with Crippen molar-refractivity contribution in [2.75, 3.05) is 0 Å². The summed E-state index contributed by atoms with van der Waals surface area (Å²) >= 11 is 9.09. The third-order valence-corrected chi connectivity index (χ3v) is 6.03. The van der Waals surface area contributed by atoms with Gasteiger partial charge in [-0.2, -0.15) is 0 Å². The van der Waals surface area contributed by atoms with Crippen LogP contribution >= 0.6 is 27.5 Å². The third-order valence-electron chi connectivity index (χ3n) is 3.33. The summed E-state index contributed by atoms with van der Waals surface area (Å²) in [6, 6.07) is 4.25. The van der Waals surface area contributed by atoms with Crippen molar-refractivity contribution in [2.45, 2.75) is 42.7 Å². The molecule has 1 aromatic carbocycles. The second kappa shape index (κ2) is 6.10. The van der Waals surface area contributed by atoms with Crippen molar-refractivity contribution in [1.29, 1.82) is 0 Å². The SMILES string of the molecule is NC1CCCCC1NS(=O)(=O)c1ccc(Cl)c(Br)c1. The van der Waals surface area contributed by atoms with Crippen LogP contribution in [0.15, 0.2) is 27.6 Å². The summed E-state index contributed by atoms with van der Waals surface area (Å²) in [5, 5.41) is 0.480. The molecular formula is C12H16BrClN2O2S. The molecule has 4 nitrogen and oxygen atoms in total. The van der Waals surface area contributed by atoms with Crippen LogP contribution in [0.2, 0.25) is 5.02 Å². The van der Waals surface area contributed by atoms with Gasteiger partial charge in [-0.3, -0.25) is 0 Å². The van der Waals surface area contributed by atoms with Crippen LogP contribution in [0.4, 0.5) is 0 Å². The number of benzene rings is 1. The molecule has 0 spiro atoms. The first-order valence-electron chi connectivity index (χ1n) is 6.13. The Bertz CT molecular complexity index is 565. The molecule has 19 heavy (non-hydrogen) atoms. The van der Waals surface area contributed by atoms with Gasteiger partial charge in [-0.05, 0) is 47.0 Å². The fourth-order valence-corrected chi connectivity index (χ4v) is 4.21. The van der Waals surface area contributed by atoms with Crippen LogP contribution in [-0.2, 0) is 10.0 Å². The molecule has 0 aliphatic heterocycles. The molecule has 1 aliphatic rings. The normalized spacial score (nSPS) is 24.4. The van der Waals surface area contributed by atoms with E-state index in [4.69, 9.17) is 17.3 Å². The number of rotatable bonds is 3. The van der Waals surface area contributed by atoms with Gasteiger partial charge in [0.15, 0.2) is 0 Å². The second-order valence-corrected chi connectivity index (χ2v) is 7.73. The minimum Gasteiger partial charge on any atom is -0.326 e. The average Bonchev–Trinajstić information content (AvgIpc) is 2.35. The Hall–Kier alpha value is -0.140. The molecule has 0 amide bonds. The molecule has 2 rings (SSSR count). The van der Waals surface area contributed by atoms with Crippen LogP contribution in [0.1, 0.15) is 25.7 Å². The van der Waals surface area contributed by atoms with Crippen LogP contribution in [0, 0.1) is 0 Å². The Morgan fingerprint density at radius 1 is 1.32 bits per heavy atom. The number of nitrogens with two attached hydrogens (primary N) is 1. The lowest BCUT2D eigenvalue weighted by Gasteiger charge is -2.29. The van der Waals surface area contributed by atoms with E-state index in [2.05, 4.69) is 20.7 Å². The minimum absolute atomic E-state index is 0.112. The largest absolute Gasteiger partial charge is 0.326 e. The van der Waals surface area contributed by atoms with Crippen LogP contribution < -0.4 is 10.5 Å². The van der Waals surface area contributed by atoms with Gasteiger partial charge in [-0.15, -0.1) is 0 Å². The first kappa shape index (κ1) is 15.3. The Kier molecular flexibility index (Phi) is 4.89. The number of hydrogen-bond donors (Lipinski definition) is 2. The zero-order chi connectivity index (χ0) is 14.0. The fraction of sp³-hybridized carbons (Fsp3) is 0.500. The van der Waals surface area contributed by atoms with Gasteiger partial charge in [0.1, 0.15) is 0 Å². The van der Waals surface area contributed by atoms with Crippen LogP contribution in [0.5, 0.6) is 0 Å². The van der Waals surface area contributed by atoms with Crippen LogP contribution in [0.3, 0.4) is 0 Å². The molecule has 1 aliphatic carbocycles. The average molecular weight is 368 g/mol. The number of nitrogens with one attached hydrogen (secondary N) is 1. The van der Waals surface area contributed by atoms with Gasteiger partial charge in [0.05, 0.1) is 9.92 Å². The van der Waals surface area contributed by atoms with Crippen molar-refractivity contribution < 1.29 is 8.42 Å². The van der Waals surface area contributed by atoms with Crippen molar-refractivity contribution in [3.63, 3.8) is 0 Å². The van der Waals surface area contributed by atoms with Gasteiger partial charge in [-0.25, -0.2) is 13.1 Å². The first-order valence-corrected chi connectivity index (χ1v) is 8.78. The van der Waals surface area contributed by atoms with E-state index in [9.17, 15) is 8.42 Å². The maximum atomic E-state index is 12.3. The quantitative estimate of drug-likeness (QED) is 0.862. The molecule has 1 saturated carbocycles. The molecule has 106 valence electrons. The molecule has 7 heteroatoms. The van der Waals surface area contributed by atoms with Crippen molar-refractivity contribution in [3.8, 4) is 0 Å². The van der Waals surface area contributed by atoms with E-state index in [-0.39, 0.29) is 17.0 Å². The zero-order valence-corrected chi connectivity index (χ0v) is 13.4. The summed E-state index contributed by atoms with van der Waals surface area (Å²) < 4.78 is 27.8. The highest BCUT2D eigenvalue weighted by Gasteiger charge is 2.27. The van der Waals surface area contributed by atoms with Crippen molar-refractivity contribution >= 4 is 37.6 Å². The summed E-state index contributed by atoms with van der Waals surface area (Å²) in [7, 11) is -3.55. The predicted octanol–water partition coefficient (Wildman–Crippen LogP) is 2.65. The van der Waals surface area contributed by atoms with Crippen LogP contribution in [-0.4, -0.2) is 20.5 Å². The first-order chi connectivity index (χ1) is 8.90. The van der Waals surface area contributed by atoms with Gasteiger partial charge in [0, 0.05) is 16.6 Å². The maximum absolute atomic E-state index is 12.3. The fourth-order valence-electron chi connectivity index (χ4n) is 2.22. The number of sulfonamides is 1. The van der Waals surface area contributed by atoms with Gasteiger partial charge >= 0.3 is 0 Å². The highest BCUT2D eigenvalue weighted by molar-refractivity contribution is 9.10. The van der Waals surface area contributed by atoms with Crippen molar-refractivity contribution in [1.82, 2.24) is 4.72 Å². The summed E-state index contributed by atoms with van der Waals surface area (Å²) in [4.78, 5) is 0.196. The molecule has 0 heterocycles. The lowest BCUT2D eigenvalue weighted by molar-refractivity contribution is 0.361. The van der Waals surface area contributed by atoms with E-state index in [1.807, 2.05) is 0 Å². The molecule has 3 N–H and O–H groups in total. The maximum Gasteiger partial charge on any atom is 0.240 e. The standard InChI is InChI=1S/C12H16BrClN2O2S/c13-9-7-8(5-6-10(9)14)19(17,18)16-12-4-2-1-3-11(12)15/h5-7,11-12,16H,1-4,15H2. The Balaban J connectivity index is 2.19. The molecule has 1 aromatic rings. The van der Waals surface area contributed by atoms with Gasteiger partial charge in [0.25, 0.3) is 0 Å². The predicted molar refractivity (Wildman–Crippen MR) is 79.7 cm³/mol. The summed E-state index contributed by atoms with van der Waals surface area (Å²) in [5.74, 6) is 0.